The van der Waals surface area contributed by atoms with Crippen LogP contribution in [0.2, 0.25) is 0 Å². The topological polar surface area (TPSA) is 54.4 Å². The molecule has 1 N–H and O–H groups in total. The minimum absolute atomic E-state index is 0.00664. The van der Waals surface area contributed by atoms with Crippen LogP contribution in [0, 0.1) is 5.92 Å². The van der Waals surface area contributed by atoms with E-state index in [0.29, 0.717) is 24.8 Å². The predicted octanol–water partition coefficient (Wildman–Crippen LogP) is 2.97. The van der Waals surface area contributed by atoms with Crippen molar-refractivity contribution in [2.75, 3.05) is 0 Å². The number of benzene rings is 1. The van der Waals surface area contributed by atoms with E-state index in [1.165, 1.54) is 6.07 Å². The van der Waals surface area contributed by atoms with Crippen LogP contribution in [0.5, 0.6) is 5.75 Å². The first kappa shape index (κ1) is 13.4. The van der Waals surface area contributed by atoms with Gasteiger partial charge in [0, 0.05) is 12.3 Å². The van der Waals surface area contributed by atoms with Gasteiger partial charge in [-0.1, -0.05) is 19.1 Å². The van der Waals surface area contributed by atoms with Gasteiger partial charge in [0.15, 0.2) is 5.78 Å². The van der Waals surface area contributed by atoms with Crippen molar-refractivity contribution in [2.24, 2.45) is 5.92 Å². The number of hydrogen-bond donors (Lipinski definition) is 1. The summed E-state index contributed by atoms with van der Waals surface area (Å²) in [5, 5.41) is 9.50. The van der Waals surface area contributed by atoms with Gasteiger partial charge in [-0.25, -0.2) is 0 Å². The number of carbonyl (C=O) groups excluding carboxylic acids is 2. The number of carbonyl (C=O) groups is 2. The number of rotatable bonds is 6. The minimum atomic E-state index is -0.0705. The zero-order chi connectivity index (χ0) is 12.8. The van der Waals surface area contributed by atoms with Crippen molar-refractivity contribution in [3.05, 3.63) is 29.8 Å². The van der Waals surface area contributed by atoms with Gasteiger partial charge in [-0.15, -0.1) is 0 Å². The molecule has 0 bridgehead atoms. The molecule has 17 heavy (non-hydrogen) atoms. The molecule has 0 saturated heterocycles. The molecule has 0 aliphatic heterocycles. The van der Waals surface area contributed by atoms with Crippen LogP contribution in [-0.2, 0) is 4.79 Å². The summed E-state index contributed by atoms with van der Waals surface area (Å²) in [7, 11) is 0. The van der Waals surface area contributed by atoms with Crippen molar-refractivity contribution in [1.29, 1.82) is 0 Å². The zero-order valence-electron chi connectivity index (χ0n) is 10.3. The van der Waals surface area contributed by atoms with Gasteiger partial charge in [-0.3, -0.25) is 9.59 Å². The second-order valence-corrected chi connectivity index (χ2v) is 4.34. The number of aromatic hydroxyl groups is 1. The molecule has 0 heterocycles. The van der Waals surface area contributed by atoms with Crippen LogP contribution >= 0.6 is 0 Å². The average Bonchev–Trinajstić information content (AvgIpc) is 2.29. The summed E-state index contributed by atoms with van der Waals surface area (Å²) in [4.78, 5) is 22.8. The largest absolute Gasteiger partial charge is 0.507 e. The van der Waals surface area contributed by atoms with Gasteiger partial charge in [-0.2, -0.15) is 0 Å². The highest BCUT2D eigenvalue weighted by Gasteiger charge is 2.12. The van der Waals surface area contributed by atoms with Gasteiger partial charge >= 0.3 is 0 Å². The first-order valence-electron chi connectivity index (χ1n) is 5.84. The summed E-state index contributed by atoms with van der Waals surface area (Å²) in [6, 6.07) is 6.53. The lowest BCUT2D eigenvalue weighted by molar-refractivity contribution is -0.120. The number of para-hydroxylation sites is 1. The van der Waals surface area contributed by atoms with Crippen molar-refractivity contribution >= 4 is 11.6 Å². The molecule has 1 rings (SSSR count). The Kier molecular flexibility index (Phi) is 4.88. The monoisotopic (exact) mass is 234 g/mol. The molecule has 3 nitrogen and oxygen atoms in total. The Labute approximate surface area is 101 Å². The fourth-order valence-corrected chi connectivity index (χ4v) is 1.62. The normalized spacial score (nSPS) is 12.1. The zero-order valence-corrected chi connectivity index (χ0v) is 10.3. The first-order chi connectivity index (χ1) is 8.02. The number of ketones is 2. The highest BCUT2D eigenvalue weighted by atomic mass is 16.3. The highest BCUT2D eigenvalue weighted by Crippen LogP contribution is 2.19. The van der Waals surface area contributed by atoms with Crippen LogP contribution in [-0.4, -0.2) is 16.7 Å². The quantitative estimate of drug-likeness (QED) is 0.770. The third-order valence-corrected chi connectivity index (χ3v) is 2.94. The van der Waals surface area contributed by atoms with Crippen molar-refractivity contribution in [3.8, 4) is 5.75 Å². The van der Waals surface area contributed by atoms with Crippen molar-refractivity contribution in [3.63, 3.8) is 0 Å². The average molecular weight is 234 g/mol. The van der Waals surface area contributed by atoms with Crippen molar-refractivity contribution < 1.29 is 14.7 Å². The SMILES string of the molecule is CC(=O)C(C)CCCC(=O)c1ccccc1O. The van der Waals surface area contributed by atoms with Gasteiger partial charge in [0.1, 0.15) is 11.5 Å². The van der Waals surface area contributed by atoms with E-state index in [1.807, 2.05) is 6.92 Å². The first-order valence-corrected chi connectivity index (χ1v) is 5.84. The van der Waals surface area contributed by atoms with Crippen molar-refractivity contribution in [1.82, 2.24) is 0 Å². The van der Waals surface area contributed by atoms with E-state index >= 15 is 0 Å². The Hall–Kier alpha value is -1.64. The van der Waals surface area contributed by atoms with E-state index < -0.39 is 0 Å². The van der Waals surface area contributed by atoms with Crippen LogP contribution < -0.4 is 0 Å². The molecule has 1 unspecified atom stereocenters. The van der Waals surface area contributed by atoms with Gasteiger partial charge < -0.3 is 5.11 Å². The molecular formula is C14H18O3. The van der Waals surface area contributed by atoms with E-state index in [-0.39, 0.29) is 23.2 Å². The second kappa shape index (κ2) is 6.18. The summed E-state index contributed by atoms with van der Waals surface area (Å²) in [6.45, 7) is 3.43. The lowest BCUT2D eigenvalue weighted by atomic mass is 9.97. The molecule has 0 aliphatic rings. The summed E-state index contributed by atoms with van der Waals surface area (Å²) < 4.78 is 0. The third kappa shape index (κ3) is 4.02. The Balaban J connectivity index is 2.46. The van der Waals surface area contributed by atoms with Gasteiger partial charge in [0.05, 0.1) is 5.56 Å². The van der Waals surface area contributed by atoms with Crippen LogP contribution in [0.15, 0.2) is 24.3 Å². The fraction of sp³-hybridized carbons (Fsp3) is 0.429. The smallest absolute Gasteiger partial charge is 0.166 e. The summed E-state index contributed by atoms with van der Waals surface area (Å²) in [5.41, 5.74) is 0.364. The van der Waals surface area contributed by atoms with E-state index in [4.69, 9.17) is 0 Å². The maximum atomic E-state index is 11.8. The van der Waals surface area contributed by atoms with E-state index in [1.54, 1.807) is 25.1 Å². The Morgan fingerprint density at radius 2 is 1.94 bits per heavy atom. The Morgan fingerprint density at radius 1 is 1.29 bits per heavy atom. The maximum absolute atomic E-state index is 11.8. The third-order valence-electron chi connectivity index (χ3n) is 2.94. The molecule has 0 aromatic heterocycles. The standard InChI is InChI=1S/C14H18O3/c1-10(11(2)15)6-5-9-14(17)12-7-3-4-8-13(12)16/h3-4,7-8,10,16H,5-6,9H2,1-2H3. The summed E-state index contributed by atoms with van der Waals surface area (Å²) in [5.74, 6) is 0.114. The molecule has 0 spiro atoms. The van der Waals surface area contributed by atoms with Crippen molar-refractivity contribution in [2.45, 2.75) is 33.1 Å². The van der Waals surface area contributed by atoms with Crippen LogP contribution in [0.1, 0.15) is 43.5 Å². The second-order valence-electron chi connectivity index (χ2n) is 4.34. The number of hydrogen-bond acceptors (Lipinski definition) is 3. The summed E-state index contributed by atoms with van der Waals surface area (Å²) in [6.07, 6.45) is 1.76. The fourth-order valence-electron chi connectivity index (χ4n) is 1.62. The number of phenols is 1. The minimum Gasteiger partial charge on any atom is -0.507 e. The molecule has 0 fully saturated rings. The van der Waals surface area contributed by atoms with E-state index in [9.17, 15) is 14.7 Å². The van der Waals surface area contributed by atoms with E-state index in [0.717, 1.165) is 0 Å². The lowest BCUT2D eigenvalue weighted by Crippen LogP contribution is -2.07. The molecule has 0 amide bonds. The van der Waals surface area contributed by atoms with Crippen LogP contribution in [0.3, 0.4) is 0 Å². The summed E-state index contributed by atoms with van der Waals surface area (Å²) >= 11 is 0. The molecule has 1 atom stereocenters. The molecule has 3 heteroatoms. The molecule has 0 radical (unpaired) electrons. The lowest BCUT2D eigenvalue weighted by Gasteiger charge is -2.07. The van der Waals surface area contributed by atoms with Crippen LogP contribution in [0.25, 0.3) is 0 Å². The van der Waals surface area contributed by atoms with E-state index in [2.05, 4.69) is 0 Å². The number of phenolic OH excluding ortho intramolecular Hbond substituents is 1. The molecule has 1 aromatic rings. The molecule has 1 aromatic carbocycles. The number of Topliss-reactive ketones (excluding diaryl/α,β-unsaturated/α-hetero) is 2. The van der Waals surface area contributed by atoms with Crippen LogP contribution in [0.4, 0.5) is 0 Å². The predicted molar refractivity (Wildman–Crippen MR) is 66.1 cm³/mol. The maximum Gasteiger partial charge on any atom is 0.166 e. The molecule has 0 aliphatic carbocycles. The highest BCUT2D eigenvalue weighted by molar-refractivity contribution is 5.98. The molecule has 92 valence electrons. The Bertz CT molecular complexity index is 410. The van der Waals surface area contributed by atoms with Gasteiger partial charge in [-0.05, 0) is 31.9 Å². The van der Waals surface area contributed by atoms with Gasteiger partial charge in [0.2, 0.25) is 0 Å². The molecule has 0 saturated carbocycles. The van der Waals surface area contributed by atoms with Gasteiger partial charge in [0.25, 0.3) is 0 Å². The Morgan fingerprint density at radius 3 is 2.53 bits per heavy atom. The molecular weight excluding hydrogens is 216 g/mol.